The van der Waals surface area contributed by atoms with Crippen LogP contribution in [-0.4, -0.2) is 75.0 Å². The molecule has 1 aliphatic heterocycles. The van der Waals surface area contributed by atoms with Crippen molar-refractivity contribution >= 4 is 9.84 Å². The molecule has 0 spiro atoms. The van der Waals surface area contributed by atoms with E-state index in [1.54, 1.807) is 0 Å². The maximum atomic E-state index is 11.8. The Balaban J connectivity index is 2.91. The Labute approximate surface area is 111 Å². The Morgan fingerprint density at radius 2 is 2.00 bits per heavy atom. The number of likely N-dealkylation sites (N-methyl/N-ethyl adjacent to an activating group) is 2. The zero-order valence-corrected chi connectivity index (χ0v) is 12.8. The van der Waals surface area contributed by atoms with Crippen LogP contribution in [0.5, 0.6) is 0 Å². The Bertz CT molecular complexity index is 370. The van der Waals surface area contributed by atoms with Gasteiger partial charge in [-0.1, -0.05) is 6.92 Å². The quantitative estimate of drug-likeness (QED) is 0.727. The highest BCUT2D eigenvalue weighted by molar-refractivity contribution is 7.91. The number of rotatable bonds is 6. The molecule has 0 aromatic carbocycles. The van der Waals surface area contributed by atoms with Gasteiger partial charge >= 0.3 is 0 Å². The smallest absolute Gasteiger partial charge is 0.152 e. The van der Waals surface area contributed by atoms with Gasteiger partial charge in [0.15, 0.2) is 9.84 Å². The van der Waals surface area contributed by atoms with E-state index < -0.39 is 9.84 Å². The molecule has 1 heterocycles. The fourth-order valence-electron chi connectivity index (χ4n) is 3.15. The molecule has 1 aliphatic rings. The SMILES string of the molecule is CCN(C(C)CN(C)C)C1(CN)CCS(=O)(=O)C1. The second-order valence-corrected chi connectivity index (χ2v) is 7.85. The zero-order chi connectivity index (χ0) is 14.0. The average molecular weight is 277 g/mol. The Kier molecular flexibility index (Phi) is 5.17. The van der Waals surface area contributed by atoms with Crippen molar-refractivity contribution in [2.45, 2.75) is 31.8 Å². The van der Waals surface area contributed by atoms with Crippen molar-refractivity contribution in [3.8, 4) is 0 Å². The predicted octanol–water partition coefficient (Wildman–Crippen LogP) is -0.226. The van der Waals surface area contributed by atoms with Gasteiger partial charge in [0.25, 0.3) is 0 Å². The van der Waals surface area contributed by atoms with Crippen LogP contribution in [0.15, 0.2) is 0 Å². The van der Waals surface area contributed by atoms with E-state index in [0.717, 1.165) is 13.1 Å². The van der Waals surface area contributed by atoms with Crippen LogP contribution in [0.4, 0.5) is 0 Å². The van der Waals surface area contributed by atoms with Crippen molar-refractivity contribution in [3.63, 3.8) is 0 Å². The second kappa shape index (κ2) is 5.86. The highest BCUT2D eigenvalue weighted by Crippen LogP contribution is 2.30. The van der Waals surface area contributed by atoms with E-state index in [4.69, 9.17) is 5.73 Å². The molecular formula is C12H27N3O2S. The van der Waals surface area contributed by atoms with Crippen LogP contribution in [0, 0.1) is 0 Å². The van der Waals surface area contributed by atoms with E-state index >= 15 is 0 Å². The van der Waals surface area contributed by atoms with E-state index in [2.05, 4.69) is 23.6 Å². The Hall–Kier alpha value is -0.170. The molecule has 2 unspecified atom stereocenters. The molecule has 0 bridgehead atoms. The van der Waals surface area contributed by atoms with Gasteiger partial charge in [0, 0.05) is 24.7 Å². The van der Waals surface area contributed by atoms with Crippen LogP contribution >= 0.6 is 0 Å². The molecule has 6 heteroatoms. The minimum atomic E-state index is -2.92. The molecule has 18 heavy (non-hydrogen) atoms. The lowest BCUT2D eigenvalue weighted by molar-refractivity contribution is 0.0662. The summed E-state index contributed by atoms with van der Waals surface area (Å²) in [5.41, 5.74) is 5.56. The van der Waals surface area contributed by atoms with E-state index in [1.807, 2.05) is 14.1 Å². The summed E-state index contributed by atoms with van der Waals surface area (Å²) in [6.07, 6.45) is 0.664. The van der Waals surface area contributed by atoms with Crippen molar-refractivity contribution in [2.24, 2.45) is 5.73 Å². The molecule has 0 aromatic heterocycles. The van der Waals surface area contributed by atoms with Gasteiger partial charge in [-0.2, -0.15) is 0 Å². The first-order valence-corrected chi connectivity index (χ1v) is 8.40. The van der Waals surface area contributed by atoms with Crippen LogP contribution in [-0.2, 0) is 9.84 Å². The third kappa shape index (κ3) is 3.44. The molecule has 108 valence electrons. The number of nitrogens with zero attached hydrogens (tertiary/aromatic N) is 2. The minimum absolute atomic E-state index is 0.210. The summed E-state index contributed by atoms with van der Waals surface area (Å²) in [7, 11) is 1.15. The number of hydrogen-bond donors (Lipinski definition) is 1. The third-order valence-electron chi connectivity index (χ3n) is 3.86. The minimum Gasteiger partial charge on any atom is -0.329 e. The van der Waals surface area contributed by atoms with Gasteiger partial charge in [0.05, 0.1) is 11.5 Å². The maximum Gasteiger partial charge on any atom is 0.152 e. The van der Waals surface area contributed by atoms with Crippen LogP contribution in [0.25, 0.3) is 0 Å². The van der Waals surface area contributed by atoms with Crippen molar-refractivity contribution in [2.75, 3.05) is 45.2 Å². The van der Waals surface area contributed by atoms with Crippen LogP contribution in [0.3, 0.4) is 0 Å². The molecule has 0 aromatic rings. The highest BCUT2D eigenvalue weighted by Gasteiger charge is 2.46. The first-order valence-electron chi connectivity index (χ1n) is 6.58. The molecule has 0 radical (unpaired) electrons. The van der Waals surface area contributed by atoms with Crippen LogP contribution in [0.2, 0.25) is 0 Å². The van der Waals surface area contributed by atoms with Crippen molar-refractivity contribution in [1.29, 1.82) is 0 Å². The first-order chi connectivity index (χ1) is 8.26. The van der Waals surface area contributed by atoms with Crippen molar-refractivity contribution < 1.29 is 8.42 Å². The molecule has 0 aliphatic carbocycles. The predicted molar refractivity (Wildman–Crippen MR) is 75.5 cm³/mol. The summed E-state index contributed by atoms with van der Waals surface area (Å²) in [6, 6.07) is 0.307. The molecule has 1 saturated heterocycles. The molecule has 0 amide bonds. The van der Waals surface area contributed by atoms with Crippen LogP contribution < -0.4 is 5.73 Å². The summed E-state index contributed by atoms with van der Waals surface area (Å²) in [5, 5.41) is 0. The normalized spacial score (nSPS) is 29.1. The molecule has 2 N–H and O–H groups in total. The monoisotopic (exact) mass is 277 g/mol. The van der Waals surface area contributed by atoms with Crippen molar-refractivity contribution in [3.05, 3.63) is 0 Å². The van der Waals surface area contributed by atoms with Crippen LogP contribution in [0.1, 0.15) is 20.3 Å². The van der Waals surface area contributed by atoms with E-state index in [1.165, 1.54) is 0 Å². The molecular weight excluding hydrogens is 250 g/mol. The standard InChI is InChI=1S/C12H27N3O2S/c1-5-15(11(2)8-14(3)4)12(9-13)6-7-18(16,17)10-12/h11H,5-10,13H2,1-4H3. The topological polar surface area (TPSA) is 66.6 Å². The number of hydrogen-bond acceptors (Lipinski definition) is 5. The molecule has 2 atom stereocenters. The molecule has 1 fully saturated rings. The largest absolute Gasteiger partial charge is 0.329 e. The van der Waals surface area contributed by atoms with Gasteiger partial charge in [-0.3, -0.25) is 4.90 Å². The van der Waals surface area contributed by atoms with Gasteiger partial charge < -0.3 is 10.6 Å². The third-order valence-corrected chi connectivity index (χ3v) is 5.66. The summed E-state index contributed by atoms with van der Waals surface area (Å²) in [4.78, 5) is 4.40. The zero-order valence-electron chi connectivity index (χ0n) is 12.0. The Morgan fingerprint density at radius 3 is 2.33 bits per heavy atom. The number of sulfone groups is 1. The Morgan fingerprint density at radius 1 is 1.39 bits per heavy atom. The summed E-state index contributed by atoms with van der Waals surface area (Å²) >= 11 is 0. The lowest BCUT2D eigenvalue weighted by atomic mass is 9.94. The molecule has 5 nitrogen and oxygen atoms in total. The van der Waals surface area contributed by atoms with Gasteiger partial charge in [-0.15, -0.1) is 0 Å². The van der Waals surface area contributed by atoms with E-state index in [-0.39, 0.29) is 17.0 Å². The van der Waals surface area contributed by atoms with Gasteiger partial charge in [0.1, 0.15) is 0 Å². The first kappa shape index (κ1) is 15.9. The van der Waals surface area contributed by atoms with Crippen molar-refractivity contribution in [1.82, 2.24) is 9.80 Å². The summed E-state index contributed by atoms with van der Waals surface area (Å²) in [6.45, 7) is 6.38. The van der Waals surface area contributed by atoms with Gasteiger partial charge in [-0.25, -0.2) is 8.42 Å². The van der Waals surface area contributed by atoms with E-state index in [9.17, 15) is 8.42 Å². The molecule has 1 rings (SSSR count). The van der Waals surface area contributed by atoms with Gasteiger partial charge in [0.2, 0.25) is 0 Å². The number of nitrogens with two attached hydrogens (primary N) is 1. The fraction of sp³-hybridized carbons (Fsp3) is 1.00. The lowest BCUT2D eigenvalue weighted by Crippen LogP contribution is -2.59. The maximum absolute atomic E-state index is 11.8. The molecule has 0 saturated carbocycles. The highest BCUT2D eigenvalue weighted by atomic mass is 32.2. The van der Waals surface area contributed by atoms with E-state index in [0.29, 0.717) is 19.0 Å². The summed E-state index contributed by atoms with van der Waals surface area (Å²) < 4.78 is 23.6. The second-order valence-electron chi connectivity index (χ2n) is 5.67. The summed E-state index contributed by atoms with van der Waals surface area (Å²) in [5.74, 6) is 0.484. The lowest BCUT2D eigenvalue weighted by Gasteiger charge is -2.43. The fourth-order valence-corrected chi connectivity index (χ4v) is 5.23. The van der Waals surface area contributed by atoms with Gasteiger partial charge in [-0.05, 0) is 34.0 Å². The average Bonchev–Trinajstić information content (AvgIpc) is 2.55.